The fourth-order valence-corrected chi connectivity index (χ4v) is 2.05. The number of benzene rings is 2. The molecule has 2 rings (SSSR count). The summed E-state index contributed by atoms with van der Waals surface area (Å²) < 4.78 is 14.2. The van der Waals surface area contributed by atoms with Crippen molar-refractivity contribution in [3.63, 3.8) is 0 Å². The molecule has 0 unspecified atom stereocenters. The van der Waals surface area contributed by atoms with Gasteiger partial charge in [-0.05, 0) is 24.1 Å². The maximum atomic E-state index is 14.2. The Hall–Kier alpha value is -2.69. The summed E-state index contributed by atoms with van der Waals surface area (Å²) in [5.74, 6) is -4.08. The molecule has 0 saturated heterocycles. The fourth-order valence-electron chi connectivity index (χ4n) is 2.05. The Morgan fingerprint density at radius 2 is 1.52 bits per heavy atom. The number of hydrogen-bond donors (Lipinski definition) is 2. The highest BCUT2D eigenvalue weighted by molar-refractivity contribution is 6.04. The first-order valence-corrected chi connectivity index (χ1v) is 6.19. The first kappa shape index (κ1) is 14.7. The van der Waals surface area contributed by atoms with Crippen molar-refractivity contribution >= 4 is 11.9 Å². The Bertz CT molecular complexity index is 681. The Morgan fingerprint density at radius 1 is 0.952 bits per heavy atom. The van der Waals surface area contributed by atoms with Gasteiger partial charge in [0.2, 0.25) is 0 Å². The molecular weight excluding hydrogens is 275 g/mol. The van der Waals surface area contributed by atoms with Crippen LogP contribution in [-0.2, 0) is 15.0 Å². The molecule has 0 aromatic heterocycles. The molecule has 0 spiro atoms. The zero-order chi connectivity index (χ0) is 15.6. The quantitative estimate of drug-likeness (QED) is 0.848. The lowest BCUT2D eigenvalue weighted by molar-refractivity contribution is -0.156. The van der Waals surface area contributed by atoms with Crippen LogP contribution in [0, 0.1) is 5.82 Å². The molecule has 0 saturated carbocycles. The van der Waals surface area contributed by atoms with Crippen LogP contribution in [0.15, 0.2) is 48.5 Å². The molecule has 0 aliphatic rings. The molecule has 0 aliphatic carbocycles. The molecular formula is C16H13FO4. The highest BCUT2D eigenvalue weighted by Crippen LogP contribution is 2.30. The second kappa shape index (κ2) is 5.36. The van der Waals surface area contributed by atoms with Crippen LogP contribution in [-0.4, -0.2) is 22.2 Å². The van der Waals surface area contributed by atoms with Crippen LogP contribution >= 0.6 is 0 Å². The van der Waals surface area contributed by atoms with Gasteiger partial charge in [0.05, 0.1) is 0 Å². The third kappa shape index (κ3) is 2.50. The largest absolute Gasteiger partial charge is 0.480 e. The average Bonchev–Trinajstić information content (AvgIpc) is 2.46. The molecule has 0 heterocycles. The van der Waals surface area contributed by atoms with E-state index >= 15 is 0 Å². The summed E-state index contributed by atoms with van der Waals surface area (Å²) in [6, 6.07) is 12.8. The topological polar surface area (TPSA) is 74.6 Å². The van der Waals surface area contributed by atoms with Gasteiger partial charge in [0, 0.05) is 5.56 Å². The molecule has 0 amide bonds. The van der Waals surface area contributed by atoms with Crippen LogP contribution < -0.4 is 0 Å². The van der Waals surface area contributed by atoms with E-state index in [4.69, 9.17) is 10.2 Å². The van der Waals surface area contributed by atoms with Gasteiger partial charge < -0.3 is 10.2 Å². The van der Waals surface area contributed by atoms with Crippen molar-refractivity contribution in [2.75, 3.05) is 0 Å². The van der Waals surface area contributed by atoms with Crippen molar-refractivity contribution in [3.05, 3.63) is 59.9 Å². The minimum atomic E-state index is -2.32. The minimum Gasteiger partial charge on any atom is -0.480 e. The molecule has 2 aromatic rings. The van der Waals surface area contributed by atoms with Crippen LogP contribution in [0.1, 0.15) is 12.5 Å². The molecule has 0 atom stereocenters. The summed E-state index contributed by atoms with van der Waals surface area (Å²) >= 11 is 0. The monoisotopic (exact) mass is 288 g/mol. The number of carboxylic acid groups (broad SMARTS) is 2. The fraction of sp³-hybridized carbons (Fsp3) is 0.125. The number of halogens is 1. The molecule has 0 fully saturated rings. The normalized spacial score (nSPS) is 11.1. The van der Waals surface area contributed by atoms with Gasteiger partial charge in [-0.3, -0.25) is 9.59 Å². The molecule has 2 aromatic carbocycles. The van der Waals surface area contributed by atoms with E-state index in [1.165, 1.54) is 12.1 Å². The molecule has 2 N–H and O–H groups in total. The number of hydrogen-bond acceptors (Lipinski definition) is 2. The van der Waals surface area contributed by atoms with Gasteiger partial charge in [0.25, 0.3) is 0 Å². The highest BCUT2D eigenvalue weighted by Gasteiger charge is 2.45. The van der Waals surface area contributed by atoms with E-state index < -0.39 is 23.2 Å². The predicted octanol–water partition coefficient (Wildman–Crippen LogP) is 2.92. The second-order valence-electron chi connectivity index (χ2n) is 4.80. The van der Waals surface area contributed by atoms with Gasteiger partial charge in [-0.15, -0.1) is 0 Å². The maximum absolute atomic E-state index is 14.2. The Balaban J connectivity index is 2.54. The van der Waals surface area contributed by atoms with Crippen LogP contribution in [0.3, 0.4) is 0 Å². The van der Waals surface area contributed by atoms with Crippen molar-refractivity contribution in [1.29, 1.82) is 0 Å². The van der Waals surface area contributed by atoms with Crippen LogP contribution in [0.5, 0.6) is 0 Å². The highest BCUT2D eigenvalue weighted by atomic mass is 19.1. The van der Waals surface area contributed by atoms with E-state index in [9.17, 15) is 14.0 Å². The van der Waals surface area contributed by atoms with Crippen molar-refractivity contribution < 1.29 is 24.2 Å². The van der Waals surface area contributed by atoms with Crippen LogP contribution in [0.2, 0.25) is 0 Å². The van der Waals surface area contributed by atoms with Gasteiger partial charge in [-0.25, -0.2) is 4.39 Å². The third-order valence-electron chi connectivity index (χ3n) is 3.47. The first-order chi connectivity index (χ1) is 9.87. The third-order valence-corrected chi connectivity index (χ3v) is 3.47. The molecule has 108 valence electrons. The van der Waals surface area contributed by atoms with Crippen molar-refractivity contribution in [2.24, 2.45) is 0 Å². The molecule has 4 nitrogen and oxygen atoms in total. The molecule has 0 bridgehead atoms. The van der Waals surface area contributed by atoms with Gasteiger partial charge in [0.15, 0.2) is 5.41 Å². The van der Waals surface area contributed by atoms with Gasteiger partial charge >= 0.3 is 11.9 Å². The summed E-state index contributed by atoms with van der Waals surface area (Å²) in [5, 5.41) is 18.2. The van der Waals surface area contributed by atoms with E-state index in [1.54, 1.807) is 24.3 Å². The van der Waals surface area contributed by atoms with E-state index in [2.05, 4.69) is 0 Å². The number of aliphatic carboxylic acids is 2. The van der Waals surface area contributed by atoms with E-state index in [0.717, 1.165) is 18.6 Å². The average molecular weight is 288 g/mol. The van der Waals surface area contributed by atoms with Gasteiger partial charge in [-0.2, -0.15) is 0 Å². The zero-order valence-electron chi connectivity index (χ0n) is 11.2. The summed E-state index contributed by atoms with van der Waals surface area (Å²) in [4.78, 5) is 22.4. The molecule has 0 radical (unpaired) electrons. The standard InChI is InChI=1S/C16H13FO4/c1-16(14(18)19,15(20)21)12-8-7-11(9-13(12)17)10-5-3-2-4-6-10/h2-9H,1H3,(H,18,19)(H,20,21). The Kier molecular flexibility index (Phi) is 3.76. The van der Waals surface area contributed by atoms with Crippen LogP contribution in [0.25, 0.3) is 11.1 Å². The summed E-state index contributed by atoms with van der Waals surface area (Å²) in [6.07, 6.45) is 0. The van der Waals surface area contributed by atoms with Gasteiger partial charge in [-0.1, -0.05) is 42.5 Å². The predicted molar refractivity (Wildman–Crippen MR) is 74.5 cm³/mol. The maximum Gasteiger partial charge on any atom is 0.325 e. The Morgan fingerprint density at radius 3 is 2.00 bits per heavy atom. The van der Waals surface area contributed by atoms with Crippen molar-refractivity contribution in [2.45, 2.75) is 12.3 Å². The van der Waals surface area contributed by atoms with Crippen LogP contribution in [0.4, 0.5) is 4.39 Å². The molecule has 5 heteroatoms. The number of carbonyl (C=O) groups is 2. The van der Waals surface area contributed by atoms with Gasteiger partial charge in [0.1, 0.15) is 5.82 Å². The summed E-state index contributed by atoms with van der Waals surface area (Å²) in [5.41, 5.74) is -1.38. The first-order valence-electron chi connectivity index (χ1n) is 6.19. The lowest BCUT2D eigenvalue weighted by Gasteiger charge is -2.21. The lowest BCUT2D eigenvalue weighted by atomic mass is 9.81. The number of carboxylic acids is 2. The summed E-state index contributed by atoms with van der Waals surface area (Å²) in [7, 11) is 0. The Labute approximate surface area is 120 Å². The van der Waals surface area contributed by atoms with Crippen molar-refractivity contribution in [1.82, 2.24) is 0 Å². The smallest absolute Gasteiger partial charge is 0.325 e. The zero-order valence-corrected chi connectivity index (χ0v) is 11.2. The lowest BCUT2D eigenvalue weighted by Crippen LogP contribution is -2.41. The van der Waals surface area contributed by atoms with E-state index in [-0.39, 0.29) is 5.56 Å². The van der Waals surface area contributed by atoms with Crippen molar-refractivity contribution in [3.8, 4) is 11.1 Å². The van der Waals surface area contributed by atoms with E-state index in [1.807, 2.05) is 6.07 Å². The second-order valence-corrected chi connectivity index (χ2v) is 4.80. The van der Waals surface area contributed by atoms with E-state index in [0.29, 0.717) is 5.56 Å². The molecule has 0 aliphatic heterocycles. The summed E-state index contributed by atoms with van der Waals surface area (Å²) in [6.45, 7) is 0.971. The number of rotatable bonds is 4. The molecule has 21 heavy (non-hydrogen) atoms. The minimum absolute atomic E-state index is 0.373. The SMILES string of the molecule is CC(C(=O)O)(C(=O)O)c1ccc(-c2ccccc2)cc1F.